The molecule has 3 heteroatoms. The Kier molecular flexibility index (Phi) is 3.90. The number of benzene rings is 1. The molecule has 2 rings (SSSR count). The maximum Gasteiger partial charge on any atom is 0.254 e. The fourth-order valence-electron chi connectivity index (χ4n) is 2.07. The normalized spacial score (nSPS) is 14.6. The molecule has 1 amide bonds. The fourth-order valence-corrected chi connectivity index (χ4v) is 2.07. The van der Waals surface area contributed by atoms with E-state index in [4.69, 9.17) is 0 Å². The summed E-state index contributed by atoms with van der Waals surface area (Å²) in [6.07, 6.45) is 4.37. The van der Waals surface area contributed by atoms with Crippen LogP contribution in [0.1, 0.15) is 48.5 Å². The number of amides is 1. The Labute approximate surface area is 108 Å². The van der Waals surface area contributed by atoms with Crippen LogP contribution in [0.15, 0.2) is 18.2 Å². The fraction of sp³-hybridized carbons (Fsp3) is 0.533. The van der Waals surface area contributed by atoms with Gasteiger partial charge < -0.3 is 10.0 Å². The Bertz CT molecular complexity index is 438. The number of nitrogens with zero attached hydrogens (tertiary/aromatic N) is 1. The highest BCUT2D eigenvalue weighted by Gasteiger charge is 2.32. The van der Waals surface area contributed by atoms with Gasteiger partial charge in [0.2, 0.25) is 0 Å². The van der Waals surface area contributed by atoms with Gasteiger partial charge in [-0.15, -0.1) is 0 Å². The number of hydrogen-bond donors (Lipinski definition) is 1. The molecule has 98 valence electrons. The summed E-state index contributed by atoms with van der Waals surface area (Å²) in [4.78, 5) is 14.4. The number of phenols is 1. The minimum Gasteiger partial charge on any atom is -0.508 e. The standard InChI is InChI=1S/C15H21NO2/c1-3-4-9-16(13-7-8-13)15(18)12-6-5-11(2)14(17)10-12/h5-6,10,13,17H,3-4,7-9H2,1-2H3. The van der Waals surface area contributed by atoms with E-state index in [-0.39, 0.29) is 11.7 Å². The monoisotopic (exact) mass is 247 g/mol. The van der Waals surface area contributed by atoms with Crippen molar-refractivity contribution in [2.75, 3.05) is 6.54 Å². The number of rotatable bonds is 5. The van der Waals surface area contributed by atoms with E-state index in [2.05, 4.69) is 6.92 Å². The topological polar surface area (TPSA) is 40.5 Å². The molecule has 18 heavy (non-hydrogen) atoms. The van der Waals surface area contributed by atoms with Crippen molar-refractivity contribution in [3.63, 3.8) is 0 Å². The zero-order valence-corrected chi connectivity index (χ0v) is 11.1. The van der Waals surface area contributed by atoms with E-state index in [1.165, 1.54) is 0 Å². The van der Waals surface area contributed by atoms with Crippen molar-refractivity contribution in [2.24, 2.45) is 0 Å². The molecule has 0 aromatic heterocycles. The first-order chi connectivity index (χ1) is 8.63. The van der Waals surface area contributed by atoms with Gasteiger partial charge in [0.15, 0.2) is 0 Å². The first kappa shape index (κ1) is 12.9. The second-order valence-corrected chi connectivity index (χ2v) is 5.08. The highest BCUT2D eigenvalue weighted by molar-refractivity contribution is 5.95. The van der Waals surface area contributed by atoms with E-state index >= 15 is 0 Å². The number of phenolic OH excluding ortho intramolecular Hbond substituents is 1. The molecule has 0 spiro atoms. The number of carbonyl (C=O) groups excluding carboxylic acids is 1. The maximum atomic E-state index is 12.4. The zero-order chi connectivity index (χ0) is 13.1. The van der Waals surface area contributed by atoms with Crippen molar-refractivity contribution in [2.45, 2.75) is 45.6 Å². The van der Waals surface area contributed by atoms with Gasteiger partial charge in [0.1, 0.15) is 5.75 Å². The third-order valence-corrected chi connectivity index (χ3v) is 3.46. The molecule has 1 saturated carbocycles. The molecular formula is C15H21NO2. The van der Waals surface area contributed by atoms with Crippen LogP contribution in [0.25, 0.3) is 0 Å². The summed E-state index contributed by atoms with van der Waals surface area (Å²) in [6.45, 7) is 4.79. The van der Waals surface area contributed by atoms with Crippen molar-refractivity contribution in [3.8, 4) is 5.75 Å². The summed E-state index contributed by atoms with van der Waals surface area (Å²) in [5.41, 5.74) is 1.40. The van der Waals surface area contributed by atoms with E-state index in [0.29, 0.717) is 11.6 Å². The first-order valence-electron chi connectivity index (χ1n) is 6.74. The second-order valence-electron chi connectivity index (χ2n) is 5.08. The lowest BCUT2D eigenvalue weighted by molar-refractivity contribution is 0.0740. The van der Waals surface area contributed by atoms with Crippen LogP contribution in [0.2, 0.25) is 0 Å². The molecule has 1 aromatic carbocycles. The summed E-state index contributed by atoms with van der Waals surface area (Å²) in [5.74, 6) is 0.258. The van der Waals surface area contributed by atoms with Gasteiger partial charge >= 0.3 is 0 Å². The van der Waals surface area contributed by atoms with Gasteiger partial charge in [0.25, 0.3) is 5.91 Å². The SMILES string of the molecule is CCCCN(C(=O)c1ccc(C)c(O)c1)C1CC1. The molecule has 0 bridgehead atoms. The quantitative estimate of drug-likeness (QED) is 0.868. The van der Waals surface area contributed by atoms with Crippen LogP contribution >= 0.6 is 0 Å². The van der Waals surface area contributed by atoms with Crippen LogP contribution < -0.4 is 0 Å². The van der Waals surface area contributed by atoms with Crippen LogP contribution in [-0.4, -0.2) is 28.5 Å². The molecule has 1 aliphatic rings. The lowest BCUT2D eigenvalue weighted by Gasteiger charge is -2.22. The molecule has 0 aliphatic heterocycles. The molecule has 1 N–H and O–H groups in total. The van der Waals surface area contributed by atoms with E-state index in [0.717, 1.165) is 37.8 Å². The predicted octanol–water partition coefficient (Wildman–Crippen LogP) is 3.11. The average Bonchev–Trinajstić information content (AvgIpc) is 3.17. The van der Waals surface area contributed by atoms with E-state index in [1.807, 2.05) is 11.8 Å². The van der Waals surface area contributed by atoms with Crippen molar-refractivity contribution >= 4 is 5.91 Å². The van der Waals surface area contributed by atoms with Crippen LogP contribution in [0, 0.1) is 6.92 Å². The summed E-state index contributed by atoms with van der Waals surface area (Å²) in [5, 5.41) is 9.69. The van der Waals surface area contributed by atoms with E-state index < -0.39 is 0 Å². The highest BCUT2D eigenvalue weighted by atomic mass is 16.3. The molecule has 1 aromatic rings. The van der Waals surface area contributed by atoms with Gasteiger partial charge in [-0.2, -0.15) is 0 Å². The van der Waals surface area contributed by atoms with Gasteiger partial charge in [-0.05, 0) is 43.9 Å². The van der Waals surface area contributed by atoms with E-state index in [9.17, 15) is 9.90 Å². The van der Waals surface area contributed by atoms with Crippen molar-refractivity contribution in [1.29, 1.82) is 0 Å². The van der Waals surface area contributed by atoms with Gasteiger partial charge in [0, 0.05) is 18.2 Å². The van der Waals surface area contributed by atoms with Gasteiger partial charge in [-0.3, -0.25) is 4.79 Å². The van der Waals surface area contributed by atoms with Crippen molar-refractivity contribution in [3.05, 3.63) is 29.3 Å². The molecule has 0 atom stereocenters. The van der Waals surface area contributed by atoms with Gasteiger partial charge in [-0.25, -0.2) is 0 Å². The number of aryl methyl sites for hydroxylation is 1. The third kappa shape index (κ3) is 2.84. The molecular weight excluding hydrogens is 226 g/mol. The Balaban J connectivity index is 2.13. The van der Waals surface area contributed by atoms with Crippen molar-refractivity contribution in [1.82, 2.24) is 4.90 Å². The number of aromatic hydroxyl groups is 1. The largest absolute Gasteiger partial charge is 0.508 e. The first-order valence-corrected chi connectivity index (χ1v) is 6.74. The summed E-state index contributed by atoms with van der Waals surface area (Å²) in [7, 11) is 0. The number of carbonyl (C=O) groups is 1. The molecule has 1 aliphatic carbocycles. The predicted molar refractivity (Wildman–Crippen MR) is 71.8 cm³/mol. The molecule has 1 fully saturated rings. The van der Waals surface area contributed by atoms with Gasteiger partial charge in [0.05, 0.1) is 0 Å². The second kappa shape index (κ2) is 5.42. The molecule has 0 unspecified atom stereocenters. The van der Waals surface area contributed by atoms with Crippen LogP contribution in [-0.2, 0) is 0 Å². The van der Waals surface area contributed by atoms with Crippen molar-refractivity contribution < 1.29 is 9.90 Å². The number of hydrogen-bond acceptors (Lipinski definition) is 2. The zero-order valence-electron chi connectivity index (χ0n) is 11.1. The van der Waals surface area contributed by atoms with Crippen LogP contribution in [0.4, 0.5) is 0 Å². The Hall–Kier alpha value is -1.51. The lowest BCUT2D eigenvalue weighted by Crippen LogP contribution is -2.34. The maximum absolute atomic E-state index is 12.4. The summed E-state index contributed by atoms with van der Waals surface area (Å²) in [6, 6.07) is 5.61. The molecule has 0 radical (unpaired) electrons. The van der Waals surface area contributed by atoms with Crippen LogP contribution in [0.5, 0.6) is 5.75 Å². The molecule has 3 nitrogen and oxygen atoms in total. The molecule has 0 saturated heterocycles. The Morgan fingerprint density at radius 3 is 2.72 bits per heavy atom. The smallest absolute Gasteiger partial charge is 0.254 e. The minimum absolute atomic E-state index is 0.0567. The third-order valence-electron chi connectivity index (χ3n) is 3.46. The lowest BCUT2D eigenvalue weighted by atomic mass is 10.1. The minimum atomic E-state index is 0.0567. The molecule has 0 heterocycles. The Morgan fingerprint density at radius 2 is 2.17 bits per heavy atom. The highest BCUT2D eigenvalue weighted by Crippen LogP contribution is 2.29. The average molecular weight is 247 g/mol. The summed E-state index contributed by atoms with van der Waals surface area (Å²) < 4.78 is 0. The van der Waals surface area contributed by atoms with E-state index in [1.54, 1.807) is 18.2 Å². The van der Waals surface area contributed by atoms with Crippen LogP contribution in [0.3, 0.4) is 0 Å². The number of unbranched alkanes of at least 4 members (excludes halogenated alkanes) is 1. The summed E-state index contributed by atoms with van der Waals surface area (Å²) >= 11 is 0. The Morgan fingerprint density at radius 1 is 1.44 bits per heavy atom. The van der Waals surface area contributed by atoms with Gasteiger partial charge in [-0.1, -0.05) is 19.4 Å².